The van der Waals surface area contributed by atoms with E-state index in [9.17, 15) is 9.59 Å². The van der Waals surface area contributed by atoms with Gasteiger partial charge < -0.3 is 20.3 Å². The Labute approximate surface area is 246 Å². The number of benzene rings is 2. The summed E-state index contributed by atoms with van der Waals surface area (Å²) in [6.45, 7) is 4.32. The molecular formula is C33H40N4O3S. The van der Waals surface area contributed by atoms with Gasteiger partial charge in [0.25, 0.3) is 11.8 Å². The highest BCUT2D eigenvalue weighted by atomic mass is 32.1. The van der Waals surface area contributed by atoms with E-state index >= 15 is 0 Å². The molecule has 2 aromatic carbocycles. The Bertz CT molecular complexity index is 1370. The lowest BCUT2D eigenvalue weighted by Gasteiger charge is -2.26. The van der Waals surface area contributed by atoms with Gasteiger partial charge in [-0.15, -0.1) is 11.3 Å². The molecular weight excluding hydrogens is 532 g/mol. The highest BCUT2D eigenvalue weighted by Crippen LogP contribution is 2.37. The van der Waals surface area contributed by atoms with Crippen LogP contribution in [-0.2, 0) is 12.8 Å². The second kappa shape index (κ2) is 12.7. The number of carbonyl (C=O) groups excluding carboxylic acids is 2. The number of aromatic nitrogens is 1. The van der Waals surface area contributed by atoms with Crippen molar-refractivity contribution in [2.75, 3.05) is 19.7 Å². The molecule has 4 heterocycles. The molecule has 8 heteroatoms. The summed E-state index contributed by atoms with van der Waals surface area (Å²) in [6, 6.07) is 14.4. The van der Waals surface area contributed by atoms with E-state index in [4.69, 9.17) is 9.72 Å². The fourth-order valence-corrected chi connectivity index (χ4v) is 7.49. The molecule has 41 heavy (non-hydrogen) atoms. The molecule has 0 saturated carbocycles. The van der Waals surface area contributed by atoms with Crippen LogP contribution in [0.4, 0.5) is 0 Å². The second-order valence-electron chi connectivity index (χ2n) is 11.7. The van der Waals surface area contributed by atoms with Gasteiger partial charge in [-0.2, -0.15) is 0 Å². The van der Waals surface area contributed by atoms with E-state index in [2.05, 4.69) is 22.8 Å². The number of likely N-dealkylation sites (tertiary alicyclic amines) is 1. The predicted molar refractivity (Wildman–Crippen MR) is 162 cm³/mol. The summed E-state index contributed by atoms with van der Waals surface area (Å²) in [5.41, 5.74) is 4.22. The van der Waals surface area contributed by atoms with Gasteiger partial charge in [-0.05, 0) is 89.0 Å². The standard InChI is InChI=1S/C33H40N4O3S/c1-22-21-41-32(35-22)29-13-8-15-37(29)33(39)28-18-24(19-30-27(28)12-5-6-16-40-30)31(38)36-26(20-25-11-7-14-34-25)17-23-9-3-2-4-10-23/h2-4,9-10,18-19,21,25-26,29,34H,5-8,11-17,20H2,1H3,(H,36,38)/t25-,26+,29-/m1/s1. The summed E-state index contributed by atoms with van der Waals surface area (Å²) in [6.07, 6.45) is 8.46. The third kappa shape index (κ3) is 6.49. The number of ether oxygens (including phenoxy) is 1. The van der Waals surface area contributed by atoms with Crippen molar-refractivity contribution in [3.05, 3.63) is 80.8 Å². The Morgan fingerprint density at radius 3 is 2.80 bits per heavy atom. The lowest BCUT2D eigenvalue weighted by Crippen LogP contribution is -2.41. The molecule has 2 amide bonds. The van der Waals surface area contributed by atoms with E-state index in [1.807, 2.05) is 47.5 Å². The fourth-order valence-electron chi connectivity index (χ4n) is 6.55. The normalized spacial score (nSPS) is 21.1. The number of rotatable bonds is 8. The van der Waals surface area contributed by atoms with Crippen LogP contribution in [0.3, 0.4) is 0 Å². The van der Waals surface area contributed by atoms with E-state index in [0.29, 0.717) is 36.1 Å². The average Bonchev–Trinajstić information content (AvgIpc) is 3.73. The number of aryl methyl sites for hydroxylation is 1. The zero-order chi connectivity index (χ0) is 28.2. The summed E-state index contributed by atoms with van der Waals surface area (Å²) in [5.74, 6) is 0.506. The van der Waals surface area contributed by atoms with Gasteiger partial charge in [0, 0.05) is 46.4 Å². The van der Waals surface area contributed by atoms with Crippen molar-refractivity contribution in [3.8, 4) is 5.75 Å². The molecule has 1 aromatic heterocycles. The molecule has 0 spiro atoms. The van der Waals surface area contributed by atoms with Crippen LogP contribution in [0.15, 0.2) is 47.8 Å². The topological polar surface area (TPSA) is 83.6 Å². The minimum absolute atomic E-state index is 0.0181. The quantitative estimate of drug-likeness (QED) is 0.366. The monoisotopic (exact) mass is 572 g/mol. The zero-order valence-corrected chi connectivity index (χ0v) is 24.7. The number of thiazole rings is 1. The zero-order valence-electron chi connectivity index (χ0n) is 23.9. The average molecular weight is 573 g/mol. The summed E-state index contributed by atoms with van der Waals surface area (Å²) in [7, 11) is 0. The van der Waals surface area contributed by atoms with E-state index in [1.165, 1.54) is 12.0 Å². The molecule has 2 fully saturated rings. The smallest absolute Gasteiger partial charge is 0.254 e. The lowest BCUT2D eigenvalue weighted by atomic mass is 9.95. The van der Waals surface area contributed by atoms with Crippen molar-refractivity contribution in [1.29, 1.82) is 0 Å². The molecule has 3 aromatic rings. The second-order valence-corrected chi connectivity index (χ2v) is 12.6. The molecule has 3 aliphatic rings. The minimum Gasteiger partial charge on any atom is -0.493 e. The number of nitrogens with one attached hydrogen (secondary N) is 2. The number of fused-ring (bicyclic) bond motifs is 1. The van der Waals surface area contributed by atoms with Crippen LogP contribution >= 0.6 is 11.3 Å². The maximum atomic E-state index is 14.2. The minimum atomic E-state index is -0.151. The number of hydrogen-bond acceptors (Lipinski definition) is 6. The van der Waals surface area contributed by atoms with Crippen LogP contribution in [0.2, 0.25) is 0 Å². The third-order valence-electron chi connectivity index (χ3n) is 8.61. The van der Waals surface area contributed by atoms with Gasteiger partial charge in [-0.1, -0.05) is 30.3 Å². The number of hydrogen-bond donors (Lipinski definition) is 2. The van der Waals surface area contributed by atoms with Crippen LogP contribution in [0.25, 0.3) is 0 Å². The molecule has 0 bridgehead atoms. The SMILES string of the molecule is Cc1csc([C@H]2CCCN2C(=O)c2cc(C(=O)N[C@@H](Cc3ccccc3)C[C@H]3CCCN3)cc3c2CCCCO3)n1. The lowest BCUT2D eigenvalue weighted by molar-refractivity contribution is 0.0734. The summed E-state index contributed by atoms with van der Waals surface area (Å²) < 4.78 is 6.14. The van der Waals surface area contributed by atoms with E-state index in [-0.39, 0.29) is 23.9 Å². The number of nitrogens with zero attached hydrogens (tertiary/aromatic N) is 2. The first kappa shape index (κ1) is 27.9. The predicted octanol–water partition coefficient (Wildman–Crippen LogP) is 5.63. The molecule has 216 valence electrons. The highest BCUT2D eigenvalue weighted by Gasteiger charge is 2.35. The van der Waals surface area contributed by atoms with Gasteiger partial charge in [-0.3, -0.25) is 9.59 Å². The molecule has 2 saturated heterocycles. The Hall–Kier alpha value is -3.23. The van der Waals surface area contributed by atoms with Crippen LogP contribution < -0.4 is 15.4 Å². The molecule has 7 nitrogen and oxygen atoms in total. The first-order chi connectivity index (χ1) is 20.0. The maximum Gasteiger partial charge on any atom is 0.254 e. The largest absolute Gasteiger partial charge is 0.493 e. The van der Waals surface area contributed by atoms with Crippen molar-refractivity contribution in [2.45, 2.75) is 82.8 Å². The van der Waals surface area contributed by atoms with Crippen molar-refractivity contribution in [2.24, 2.45) is 0 Å². The Morgan fingerprint density at radius 1 is 1.15 bits per heavy atom. The third-order valence-corrected chi connectivity index (χ3v) is 9.67. The summed E-state index contributed by atoms with van der Waals surface area (Å²) in [5, 5.41) is 9.96. The summed E-state index contributed by atoms with van der Waals surface area (Å²) in [4.78, 5) is 34.7. The van der Waals surface area contributed by atoms with Gasteiger partial charge >= 0.3 is 0 Å². The van der Waals surface area contributed by atoms with Gasteiger partial charge in [0.1, 0.15) is 10.8 Å². The molecule has 3 aliphatic heterocycles. The fraction of sp³-hybridized carbons (Fsp3) is 0.485. The van der Waals surface area contributed by atoms with Gasteiger partial charge in [0.05, 0.1) is 12.6 Å². The molecule has 6 rings (SSSR count). The molecule has 0 radical (unpaired) electrons. The van der Waals surface area contributed by atoms with Gasteiger partial charge in [0.2, 0.25) is 0 Å². The molecule has 0 unspecified atom stereocenters. The number of carbonyl (C=O) groups is 2. The van der Waals surface area contributed by atoms with Crippen molar-refractivity contribution >= 4 is 23.2 Å². The molecule has 0 aliphatic carbocycles. The van der Waals surface area contributed by atoms with Crippen molar-refractivity contribution in [1.82, 2.24) is 20.5 Å². The van der Waals surface area contributed by atoms with E-state index in [0.717, 1.165) is 74.2 Å². The van der Waals surface area contributed by atoms with Crippen LogP contribution in [-0.4, -0.2) is 53.5 Å². The Kier molecular flexibility index (Phi) is 8.67. The first-order valence-corrected chi connectivity index (χ1v) is 16.0. The van der Waals surface area contributed by atoms with Crippen molar-refractivity contribution < 1.29 is 14.3 Å². The first-order valence-electron chi connectivity index (χ1n) is 15.2. The Morgan fingerprint density at radius 2 is 2.02 bits per heavy atom. The van der Waals surface area contributed by atoms with Crippen LogP contribution in [0.1, 0.15) is 93.5 Å². The number of amides is 2. The molecule has 2 N–H and O–H groups in total. The van der Waals surface area contributed by atoms with Gasteiger partial charge in [0.15, 0.2) is 0 Å². The van der Waals surface area contributed by atoms with Crippen LogP contribution in [0, 0.1) is 6.92 Å². The van der Waals surface area contributed by atoms with Crippen molar-refractivity contribution in [3.63, 3.8) is 0 Å². The maximum absolute atomic E-state index is 14.2. The van der Waals surface area contributed by atoms with E-state index in [1.54, 1.807) is 11.3 Å². The van der Waals surface area contributed by atoms with E-state index < -0.39 is 0 Å². The summed E-state index contributed by atoms with van der Waals surface area (Å²) >= 11 is 1.62. The Balaban J connectivity index is 1.28. The highest BCUT2D eigenvalue weighted by molar-refractivity contribution is 7.09. The van der Waals surface area contributed by atoms with Gasteiger partial charge in [-0.25, -0.2) is 4.98 Å². The molecule has 3 atom stereocenters. The van der Waals surface area contributed by atoms with Crippen LogP contribution in [0.5, 0.6) is 5.75 Å².